The molecule has 0 aliphatic heterocycles. The molecule has 0 fully saturated rings. The van der Waals surface area contributed by atoms with E-state index in [1.54, 1.807) is 4.90 Å². The molecule has 0 saturated carbocycles. The van der Waals surface area contributed by atoms with Crippen molar-refractivity contribution in [1.29, 1.82) is 0 Å². The number of anilines is 1. The third-order valence-electron chi connectivity index (χ3n) is 1.92. The topological polar surface area (TPSA) is 20.3 Å². The maximum absolute atomic E-state index is 11.3. The van der Waals surface area contributed by atoms with Gasteiger partial charge in [0.15, 0.2) is 0 Å². The van der Waals surface area contributed by atoms with Crippen LogP contribution in [0.4, 0.5) is 5.69 Å². The predicted molar refractivity (Wildman–Crippen MR) is 59.0 cm³/mol. The Hall–Kier alpha value is -1.31. The van der Waals surface area contributed by atoms with Gasteiger partial charge >= 0.3 is 0 Å². The van der Waals surface area contributed by atoms with Crippen LogP contribution in [-0.2, 0) is 4.79 Å². The SMILES string of the molecule is [CH2]C(=O)N(CC(C)C)c1ccccc1. The molecule has 0 aromatic heterocycles. The molecule has 0 saturated heterocycles. The van der Waals surface area contributed by atoms with Gasteiger partial charge in [-0.3, -0.25) is 4.79 Å². The molecule has 14 heavy (non-hydrogen) atoms. The zero-order valence-corrected chi connectivity index (χ0v) is 8.73. The summed E-state index contributed by atoms with van der Waals surface area (Å²) >= 11 is 0. The lowest BCUT2D eigenvalue weighted by Crippen LogP contribution is -2.32. The van der Waals surface area contributed by atoms with Crippen molar-refractivity contribution >= 4 is 11.6 Å². The van der Waals surface area contributed by atoms with Gasteiger partial charge in [-0.25, -0.2) is 0 Å². The van der Waals surface area contributed by atoms with Gasteiger partial charge in [-0.2, -0.15) is 0 Å². The largest absolute Gasteiger partial charge is 0.312 e. The maximum Gasteiger partial charge on any atom is 0.227 e. The second kappa shape index (κ2) is 4.80. The molecule has 1 aromatic rings. The highest BCUT2D eigenvalue weighted by molar-refractivity contribution is 5.96. The zero-order chi connectivity index (χ0) is 10.6. The van der Waals surface area contributed by atoms with Gasteiger partial charge < -0.3 is 4.90 Å². The molecule has 2 nitrogen and oxygen atoms in total. The van der Waals surface area contributed by atoms with E-state index in [0.717, 1.165) is 5.69 Å². The van der Waals surface area contributed by atoms with E-state index in [9.17, 15) is 4.79 Å². The summed E-state index contributed by atoms with van der Waals surface area (Å²) in [5.74, 6) is 0.297. The zero-order valence-electron chi connectivity index (χ0n) is 8.73. The summed E-state index contributed by atoms with van der Waals surface area (Å²) in [7, 11) is 0. The predicted octanol–water partition coefficient (Wildman–Crippen LogP) is 2.51. The lowest BCUT2D eigenvalue weighted by atomic mass is 10.2. The first-order chi connectivity index (χ1) is 6.61. The highest BCUT2D eigenvalue weighted by Gasteiger charge is 2.11. The molecule has 0 N–H and O–H groups in total. The minimum Gasteiger partial charge on any atom is -0.312 e. The van der Waals surface area contributed by atoms with Gasteiger partial charge in [-0.05, 0) is 18.1 Å². The summed E-state index contributed by atoms with van der Waals surface area (Å²) in [6.45, 7) is 8.33. The van der Waals surface area contributed by atoms with Crippen molar-refractivity contribution in [2.75, 3.05) is 11.4 Å². The summed E-state index contributed by atoms with van der Waals surface area (Å²) in [6.07, 6.45) is 0. The van der Waals surface area contributed by atoms with E-state index in [1.807, 2.05) is 30.3 Å². The van der Waals surface area contributed by atoms with Crippen LogP contribution in [0.3, 0.4) is 0 Å². The minimum absolute atomic E-state index is 0.148. The number of hydrogen-bond donors (Lipinski definition) is 0. The lowest BCUT2D eigenvalue weighted by molar-refractivity contribution is -0.114. The highest BCUT2D eigenvalue weighted by Crippen LogP contribution is 2.14. The van der Waals surface area contributed by atoms with Gasteiger partial charge in [-0.15, -0.1) is 0 Å². The van der Waals surface area contributed by atoms with Crippen LogP contribution >= 0.6 is 0 Å². The van der Waals surface area contributed by atoms with E-state index in [-0.39, 0.29) is 5.91 Å². The molecular weight excluding hydrogens is 174 g/mol. The van der Waals surface area contributed by atoms with Crippen LogP contribution in [0, 0.1) is 12.8 Å². The average Bonchev–Trinajstić information content (AvgIpc) is 2.15. The van der Waals surface area contributed by atoms with Crippen molar-refractivity contribution in [3.63, 3.8) is 0 Å². The molecule has 1 radical (unpaired) electrons. The summed E-state index contributed by atoms with van der Waals surface area (Å²) in [6, 6.07) is 9.62. The molecule has 0 unspecified atom stereocenters. The number of benzene rings is 1. The van der Waals surface area contributed by atoms with Crippen LogP contribution in [0.1, 0.15) is 13.8 Å². The Balaban J connectivity index is 2.84. The van der Waals surface area contributed by atoms with Crippen LogP contribution in [0.25, 0.3) is 0 Å². The first-order valence-electron chi connectivity index (χ1n) is 4.79. The summed E-state index contributed by atoms with van der Waals surface area (Å²) in [4.78, 5) is 13.0. The first-order valence-corrected chi connectivity index (χ1v) is 4.79. The molecule has 1 aromatic carbocycles. The fraction of sp³-hybridized carbons (Fsp3) is 0.333. The second-order valence-electron chi connectivity index (χ2n) is 3.73. The first kappa shape index (κ1) is 10.8. The van der Waals surface area contributed by atoms with Gasteiger partial charge in [0, 0.05) is 19.2 Å². The maximum atomic E-state index is 11.3. The van der Waals surface area contributed by atoms with E-state index >= 15 is 0 Å². The molecule has 0 aliphatic carbocycles. The molecule has 1 rings (SSSR count). The van der Waals surface area contributed by atoms with Gasteiger partial charge in [0.2, 0.25) is 5.91 Å². The van der Waals surface area contributed by atoms with Crippen molar-refractivity contribution in [1.82, 2.24) is 0 Å². The van der Waals surface area contributed by atoms with Crippen molar-refractivity contribution < 1.29 is 4.79 Å². The Morgan fingerprint density at radius 1 is 1.36 bits per heavy atom. The van der Waals surface area contributed by atoms with Gasteiger partial charge in [0.25, 0.3) is 0 Å². The molecule has 0 bridgehead atoms. The van der Waals surface area contributed by atoms with E-state index in [1.165, 1.54) is 0 Å². The van der Waals surface area contributed by atoms with Crippen LogP contribution in [0.5, 0.6) is 0 Å². The van der Waals surface area contributed by atoms with Crippen LogP contribution in [0.15, 0.2) is 30.3 Å². The fourth-order valence-electron chi connectivity index (χ4n) is 1.32. The summed E-state index contributed by atoms with van der Waals surface area (Å²) in [5, 5.41) is 0. The number of para-hydroxylation sites is 1. The van der Waals surface area contributed by atoms with E-state index < -0.39 is 0 Å². The molecule has 1 amide bonds. The van der Waals surface area contributed by atoms with Gasteiger partial charge in [0.1, 0.15) is 0 Å². The molecular formula is C12H16NO. The monoisotopic (exact) mass is 190 g/mol. The van der Waals surface area contributed by atoms with Crippen LogP contribution < -0.4 is 4.90 Å². The number of carbonyl (C=O) groups is 1. The summed E-state index contributed by atoms with van der Waals surface area (Å²) in [5.41, 5.74) is 0.918. The Bertz CT molecular complexity index is 292. The van der Waals surface area contributed by atoms with E-state index in [0.29, 0.717) is 12.5 Å². The molecule has 0 heterocycles. The van der Waals surface area contributed by atoms with Gasteiger partial charge in [-0.1, -0.05) is 32.0 Å². The van der Waals surface area contributed by atoms with E-state index in [4.69, 9.17) is 0 Å². The Morgan fingerprint density at radius 3 is 2.36 bits per heavy atom. The van der Waals surface area contributed by atoms with Gasteiger partial charge in [0.05, 0.1) is 0 Å². The highest BCUT2D eigenvalue weighted by atomic mass is 16.2. The van der Waals surface area contributed by atoms with Crippen LogP contribution in [0.2, 0.25) is 0 Å². The summed E-state index contributed by atoms with van der Waals surface area (Å²) < 4.78 is 0. The second-order valence-corrected chi connectivity index (χ2v) is 3.73. The van der Waals surface area contributed by atoms with Crippen molar-refractivity contribution in [2.24, 2.45) is 5.92 Å². The normalized spacial score (nSPS) is 10.3. The number of nitrogens with zero attached hydrogens (tertiary/aromatic N) is 1. The Morgan fingerprint density at radius 2 is 1.93 bits per heavy atom. The Labute approximate surface area is 85.5 Å². The smallest absolute Gasteiger partial charge is 0.227 e. The number of rotatable bonds is 3. The number of amides is 1. The Kier molecular flexibility index (Phi) is 3.69. The molecule has 2 heteroatoms. The minimum atomic E-state index is -0.148. The fourth-order valence-corrected chi connectivity index (χ4v) is 1.32. The molecule has 0 spiro atoms. The van der Waals surface area contributed by atoms with Crippen LogP contribution in [-0.4, -0.2) is 12.5 Å². The quantitative estimate of drug-likeness (QED) is 0.717. The average molecular weight is 190 g/mol. The third kappa shape index (κ3) is 2.87. The molecule has 0 aliphatic rings. The molecule has 75 valence electrons. The van der Waals surface area contributed by atoms with E-state index in [2.05, 4.69) is 20.8 Å². The third-order valence-corrected chi connectivity index (χ3v) is 1.92. The molecule has 0 atom stereocenters. The standard InChI is InChI=1S/C12H16NO/c1-10(2)9-13(11(3)14)12-7-5-4-6-8-12/h4-8,10H,3,9H2,1-2H3. The number of carbonyl (C=O) groups excluding carboxylic acids is 1. The van der Waals surface area contributed by atoms with Crippen molar-refractivity contribution in [3.05, 3.63) is 37.3 Å². The lowest BCUT2D eigenvalue weighted by Gasteiger charge is -2.22. The van der Waals surface area contributed by atoms with Crippen molar-refractivity contribution in [3.8, 4) is 0 Å². The number of hydrogen-bond acceptors (Lipinski definition) is 1. The van der Waals surface area contributed by atoms with Crippen molar-refractivity contribution in [2.45, 2.75) is 13.8 Å².